The van der Waals surface area contributed by atoms with Crippen molar-refractivity contribution in [3.63, 3.8) is 0 Å². The average molecular weight is 527 g/mol. The second-order valence-electron chi connectivity index (χ2n) is 9.62. The van der Waals surface area contributed by atoms with Crippen LogP contribution in [0.3, 0.4) is 0 Å². The van der Waals surface area contributed by atoms with Gasteiger partial charge in [0.1, 0.15) is 0 Å². The molecule has 0 radical (unpaired) electrons. The summed E-state index contributed by atoms with van der Waals surface area (Å²) in [6.07, 6.45) is 3.69. The Morgan fingerprint density at radius 1 is 1.05 bits per heavy atom. The van der Waals surface area contributed by atoms with Gasteiger partial charge in [0, 0.05) is 67.2 Å². The van der Waals surface area contributed by atoms with Gasteiger partial charge in [-0.3, -0.25) is 4.79 Å². The lowest BCUT2D eigenvalue weighted by Crippen LogP contribution is -2.44. The average Bonchev–Trinajstić information content (AvgIpc) is 3.51. The van der Waals surface area contributed by atoms with Crippen LogP contribution in [0.1, 0.15) is 19.8 Å². The van der Waals surface area contributed by atoms with E-state index in [2.05, 4.69) is 49.4 Å². The number of nitrogens with zero attached hydrogens (tertiary/aromatic N) is 5. The molecule has 2 aliphatic heterocycles. The van der Waals surface area contributed by atoms with Crippen molar-refractivity contribution in [1.82, 2.24) is 24.8 Å². The zero-order chi connectivity index (χ0) is 26.1. The molecular formula is C28H30N8OS. The number of nitrogens with two attached hydrogens (primary N) is 1. The monoisotopic (exact) mass is 526 g/mol. The number of fused-ring (bicyclic) bond motifs is 1. The predicted octanol–water partition coefficient (Wildman–Crippen LogP) is 4.54. The number of nitrogens with one attached hydrogen (secondary N) is 2. The maximum atomic E-state index is 11.3. The third-order valence-electron chi connectivity index (χ3n) is 6.93. The Morgan fingerprint density at radius 3 is 2.63 bits per heavy atom. The van der Waals surface area contributed by atoms with Crippen LogP contribution in [0.2, 0.25) is 0 Å². The Balaban J connectivity index is 1.20. The molecule has 4 N–H and O–H groups in total. The first-order valence-electron chi connectivity index (χ1n) is 12.9. The Kier molecular flexibility index (Phi) is 6.63. The molecule has 4 aromatic rings. The second kappa shape index (κ2) is 10.4. The largest absolute Gasteiger partial charge is 0.399 e. The summed E-state index contributed by atoms with van der Waals surface area (Å²) in [4.78, 5) is 28.0. The molecule has 0 unspecified atom stereocenters. The van der Waals surface area contributed by atoms with E-state index in [1.165, 1.54) is 5.69 Å². The van der Waals surface area contributed by atoms with E-state index in [9.17, 15) is 4.79 Å². The number of rotatable bonds is 6. The van der Waals surface area contributed by atoms with Gasteiger partial charge in [-0.1, -0.05) is 23.9 Å². The van der Waals surface area contributed by atoms with E-state index < -0.39 is 0 Å². The molecule has 0 atom stereocenters. The highest BCUT2D eigenvalue weighted by atomic mass is 32.2. The molecule has 38 heavy (non-hydrogen) atoms. The zero-order valence-corrected chi connectivity index (χ0v) is 22.0. The highest BCUT2D eigenvalue weighted by molar-refractivity contribution is 7.99. The Morgan fingerprint density at radius 2 is 1.87 bits per heavy atom. The summed E-state index contributed by atoms with van der Waals surface area (Å²) in [6, 6.07) is 18.4. The van der Waals surface area contributed by atoms with Crippen LogP contribution in [-0.2, 0) is 11.3 Å². The molecule has 0 spiro atoms. The number of amides is 1. The van der Waals surface area contributed by atoms with Crippen molar-refractivity contribution in [2.75, 3.05) is 34.8 Å². The number of aromatic nitrogens is 4. The van der Waals surface area contributed by atoms with Gasteiger partial charge in [0.05, 0.1) is 17.1 Å². The van der Waals surface area contributed by atoms with Crippen LogP contribution >= 0.6 is 11.8 Å². The van der Waals surface area contributed by atoms with Crippen molar-refractivity contribution in [3.8, 4) is 22.6 Å². The molecule has 9 nitrogen and oxygen atoms in total. The van der Waals surface area contributed by atoms with Crippen molar-refractivity contribution in [1.29, 1.82) is 0 Å². The van der Waals surface area contributed by atoms with Gasteiger partial charge in [0.25, 0.3) is 0 Å². The number of anilines is 4. The highest BCUT2D eigenvalue weighted by Gasteiger charge is 2.25. The minimum Gasteiger partial charge on any atom is -0.399 e. The number of carbonyl (C=O) groups is 1. The zero-order valence-electron chi connectivity index (χ0n) is 21.2. The molecule has 6 rings (SSSR count). The third kappa shape index (κ3) is 5.04. The van der Waals surface area contributed by atoms with Crippen LogP contribution in [0.25, 0.3) is 22.6 Å². The van der Waals surface area contributed by atoms with Gasteiger partial charge in [-0.15, -0.1) is 0 Å². The van der Waals surface area contributed by atoms with Crippen LogP contribution in [0.4, 0.5) is 23.0 Å². The first-order valence-corrected chi connectivity index (χ1v) is 13.8. The normalized spacial score (nSPS) is 15.3. The summed E-state index contributed by atoms with van der Waals surface area (Å²) in [5.41, 5.74) is 12.5. The molecule has 2 aromatic carbocycles. The third-order valence-corrected chi connectivity index (χ3v) is 7.88. The molecule has 0 saturated carbocycles. The van der Waals surface area contributed by atoms with E-state index in [0.717, 1.165) is 71.7 Å². The van der Waals surface area contributed by atoms with Crippen molar-refractivity contribution in [2.24, 2.45) is 0 Å². The van der Waals surface area contributed by atoms with Gasteiger partial charge in [0.15, 0.2) is 5.16 Å². The Labute approximate surface area is 225 Å². The summed E-state index contributed by atoms with van der Waals surface area (Å²) in [7, 11) is 0. The fraction of sp³-hybridized carbons (Fsp3) is 0.286. The van der Waals surface area contributed by atoms with Crippen LogP contribution in [0, 0.1) is 0 Å². The number of imidazole rings is 1. The number of piperidine rings is 1. The van der Waals surface area contributed by atoms with Crippen LogP contribution in [0.5, 0.6) is 0 Å². The first-order chi connectivity index (χ1) is 18.5. The molecule has 2 aromatic heterocycles. The van der Waals surface area contributed by atoms with Gasteiger partial charge in [0.2, 0.25) is 11.9 Å². The summed E-state index contributed by atoms with van der Waals surface area (Å²) >= 11 is 1.76. The van der Waals surface area contributed by atoms with E-state index in [4.69, 9.17) is 15.7 Å². The maximum absolute atomic E-state index is 11.3. The number of carbonyl (C=O) groups excluding carboxylic acids is 1. The van der Waals surface area contributed by atoms with E-state index in [1.54, 1.807) is 24.9 Å². The molecule has 1 fully saturated rings. The van der Waals surface area contributed by atoms with Crippen molar-refractivity contribution in [3.05, 3.63) is 60.8 Å². The minimum atomic E-state index is 0.0441. The van der Waals surface area contributed by atoms with Gasteiger partial charge in [-0.2, -0.15) is 0 Å². The standard InChI is InChI=1S/C28H30N8OS/c1-18(37)31-22-10-13-35(14-11-22)23-7-5-21(6-8-23)32-27-30-12-9-24(33-27)26-25(19-3-2-4-20(29)17-19)34-28-36(26)15-16-38-28/h2-9,12,17,22H,10-11,13-16,29H2,1H3,(H,31,37)(H,30,32,33). The molecule has 2 aliphatic rings. The lowest BCUT2D eigenvalue weighted by Gasteiger charge is -2.33. The predicted molar refractivity (Wildman–Crippen MR) is 153 cm³/mol. The van der Waals surface area contributed by atoms with Crippen LogP contribution < -0.4 is 21.3 Å². The molecule has 10 heteroatoms. The van der Waals surface area contributed by atoms with Gasteiger partial charge in [-0.05, 0) is 55.3 Å². The molecule has 0 aliphatic carbocycles. The summed E-state index contributed by atoms with van der Waals surface area (Å²) < 4.78 is 2.24. The SMILES string of the molecule is CC(=O)NC1CCN(c2ccc(Nc3nccc(-c4c(-c5cccc(N)c5)nc5n4CCS5)n3)cc2)CC1. The molecule has 0 bridgehead atoms. The van der Waals surface area contributed by atoms with Gasteiger partial charge in [-0.25, -0.2) is 15.0 Å². The molecule has 1 saturated heterocycles. The topological polar surface area (TPSA) is 114 Å². The Bertz CT molecular complexity index is 1460. The summed E-state index contributed by atoms with van der Waals surface area (Å²) in [5.74, 6) is 1.58. The molecule has 1 amide bonds. The van der Waals surface area contributed by atoms with E-state index in [1.807, 2.05) is 30.3 Å². The highest BCUT2D eigenvalue weighted by Crippen LogP contribution is 2.39. The van der Waals surface area contributed by atoms with Crippen molar-refractivity contribution >= 4 is 40.7 Å². The van der Waals surface area contributed by atoms with Gasteiger partial charge >= 0.3 is 0 Å². The fourth-order valence-electron chi connectivity index (χ4n) is 5.13. The molecule has 4 heterocycles. The van der Waals surface area contributed by atoms with Crippen LogP contribution in [0.15, 0.2) is 66.0 Å². The van der Waals surface area contributed by atoms with Crippen molar-refractivity contribution < 1.29 is 4.79 Å². The first kappa shape index (κ1) is 24.3. The lowest BCUT2D eigenvalue weighted by atomic mass is 10.0. The number of benzene rings is 2. The van der Waals surface area contributed by atoms with Crippen LogP contribution in [-0.4, -0.2) is 50.3 Å². The van der Waals surface area contributed by atoms with Gasteiger partial charge < -0.3 is 25.8 Å². The lowest BCUT2D eigenvalue weighted by molar-refractivity contribution is -0.119. The number of hydrogen-bond acceptors (Lipinski definition) is 8. The number of thioether (sulfide) groups is 1. The van der Waals surface area contributed by atoms with E-state index in [-0.39, 0.29) is 11.9 Å². The number of hydrogen-bond donors (Lipinski definition) is 3. The molecule has 194 valence electrons. The maximum Gasteiger partial charge on any atom is 0.227 e. The van der Waals surface area contributed by atoms with E-state index in [0.29, 0.717) is 11.6 Å². The Hall–Kier alpha value is -4.05. The summed E-state index contributed by atoms with van der Waals surface area (Å²) in [6.45, 7) is 4.32. The smallest absolute Gasteiger partial charge is 0.227 e. The number of nitrogen functional groups attached to an aromatic ring is 1. The fourth-order valence-corrected chi connectivity index (χ4v) is 6.08. The second-order valence-corrected chi connectivity index (χ2v) is 10.7. The summed E-state index contributed by atoms with van der Waals surface area (Å²) in [5, 5.41) is 7.39. The minimum absolute atomic E-state index is 0.0441. The van der Waals surface area contributed by atoms with Crippen molar-refractivity contribution in [2.45, 2.75) is 37.5 Å². The van der Waals surface area contributed by atoms with E-state index >= 15 is 0 Å². The molecular weight excluding hydrogens is 496 g/mol. The quantitative estimate of drug-likeness (QED) is 0.314.